The first kappa shape index (κ1) is 14.9. The Hall–Kier alpha value is -1.46. The third-order valence-electron chi connectivity index (χ3n) is 3.07. The van der Waals surface area contributed by atoms with E-state index in [1.807, 2.05) is 18.2 Å². The number of methoxy groups -OCH3 is 1. The van der Waals surface area contributed by atoms with E-state index in [4.69, 9.17) is 4.74 Å². The topological polar surface area (TPSA) is 21.3 Å². The van der Waals surface area contributed by atoms with Gasteiger partial charge in [-0.1, -0.05) is 22.0 Å². The zero-order chi connectivity index (χ0) is 14.7. The number of benzene rings is 2. The van der Waals surface area contributed by atoms with E-state index in [1.165, 1.54) is 6.07 Å². The van der Waals surface area contributed by atoms with Crippen LogP contribution in [0, 0.1) is 11.6 Å². The molecular weight excluding hydrogens is 328 g/mol. The molecule has 1 unspecified atom stereocenters. The molecule has 0 aliphatic heterocycles. The lowest BCUT2D eigenvalue weighted by atomic mass is 9.98. The van der Waals surface area contributed by atoms with Gasteiger partial charge < -0.3 is 10.1 Å². The Morgan fingerprint density at radius 1 is 1.10 bits per heavy atom. The molecule has 0 saturated carbocycles. The highest BCUT2D eigenvalue weighted by molar-refractivity contribution is 9.10. The van der Waals surface area contributed by atoms with Crippen LogP contribution >= 0.6 is 15.9 Å². The number of ether oxygens (including phenoxy) is 1. The predicted molar refractivity (Wildman–Crippen MR) is 78.0 cm³/mol. The Bertz CT molecular complexity index is 619. The number of rotatable bonds is 4. The Labute approximate surface area is 124 Å². The molecule has 0 fully saturated rings. The molecular formula is C15H14BrF2NO. The standard InChI is InChI=1S/C15H14BrF2NO/c1-19-15(9-3-5-12(17)13(18)7-9)11-8-10(16)4-6-14(11)20-2/h3-8,15,19H,1-2H3. The van der Waals surface area contributed by atoms with Gasteiger partial charge in [-0.25, -0.2) is 8.78 Å². The van der Waals surface area contributed by atoms with E-state index in [1.54, 1.807) is 20.2 Å². The van der Waals surface area contributed by atoms with Gasteiger partial charge in [-0.2, -0.15) is 0 Å². The zero-order valence-corrected chi connectivity index (χ0v) is 12.7. The number of hydrogen-bond donors (Lipinski definition) is 1. The molecule has 0 bridgehead atoms. The van der Waals surface area contributed by atoms with Crippen molar-refractivity contribution >= 4 is 15.9 Å². The monoisotopic (exact) mass is 341 g/mol. The maximum absolute atomic E-state index is 13.4. The molecule has 0 amide bonds. The van der Waals surface area contributed by atoms with Crippen molar-refractivity contribution in [2.45, 2.75) is 6.04 Å². The molecule has 2 rings (SSSR count). The summed E-state index contributed by atoms with van der Waals surface area (Å²) in [6.45, 7) is 0. The van der Waals surface area contributed by atoms with Crippen LogP contribution in [0.4, 0.5) is 8.78 Å². The van der Waals surface area contributed by atoms with Crippen LogP contribution in [0.25, 0.3) is 0 Å². The van der Waals surface area contributed by atoms with E-state index in [2.05, 4.69) is 21.2 Å². The van der Waals surface area contributed by atoms with Gasteiger partial charge in [0.05, 0.1) is 13.2 Å². The molecule has 0 heterocycles. The van der Waals surface area contributed by atoms with Crippen molar-refractivity contribution in [3.8, 4) is 5.75 Å². The lowest BCUT2D eigenvalue weighted by molar-refractivity contribution is 0.405. The molecule has 0 spiro atoms. The van der Waals surface area contributed by atoms with Gasteiger partial charge in [0.1, 0.15) is 5.75 Å². The summed E-state index contributed by atoms with van der Waals surface area (Å²) < 4.78 is 32.7. The quantitative estimate of drug-likeness (QED) is 0.905. The second-order valence-electron chi connectivity index (χ2n) is 4.28. The fourth-order valence-corrected chi connectivity index (χ4v) is 2.50. The van der Waals surface area contributed by atoms with Crippen LogP contribution in [0.3, 0.4) is 0 Å². The fourth-order valence-electron chi connectivity index (χ4n) is 2.12. The minimum Gasteiger partial charge on any atom is -0.496 e. The average Bonchev–Trinajstić information content (AvgIpc) is 2.44. The largest absolute Gasteiger partial charge is 0.496 e. The Morgan fingerprint density at radius 3 is 2.45 bits per heavy atom. The third-order valence-corrected chi connectivity index (χ3v) is 3.56. The summed E-state index contributed by atoms with van der Waals surface area (Å²) in [6, 6.07) is 9.15. The predicted octanol–water partition coefficient (Wildman–Crippen LogP) is 4.04. The van der Waals surface area contributed by atoms with Gasteiger partial charge in [0.15, 0.2) is 11.6 Å². The van der Waals surface area contributed by atoms with Crippen molar-refractivity contribution in [3.05, 3.63) is 63.6 Å². The van der Waals surface area contributed by atoms with Crippen LogP contribution in [0.2, 0.25) is 0 Å². The Kier molecular flexibility index (Phi) is 4.73. The minimum absolute atomic E-state index is 0.294. The first-order valence-electron chi connectivity index (χ1n) is 6.02. The van der Waals surface area contributed by atoms with E-state index in [-0.39, 0.29) is 6.04 Å². The summed E-state index contributed by atoms with van der Waals surface area (Å²) in [5.41, 5.74) is 1.47. The van der Waals surface area contributed by atoms with Crippen molar-refractivity contribution in [1.82, 2.24) is 5.32 Å². The van der Waals surface area contributed by atoms with E-state index in [9.17, 15) is 8.78 Å². The van der Waals surface area contributed by atoms with Crippen LogP contribution < -0.4 is 10.1 Å². The van der Waals surface area contributed by atoms with Crippen LogP contribution in [-0.2, 0) is 0 Å². The van der Waals surface area contributed by atoms with Gasteiger partial charge >= 0.3 is 0 Å². The number of hydrogen-bond acceptors (Lipinski definition) is 2. The first-order chi connectivity index (χ1) is 9.56. The molecule has 0 aliphatic carbocycles. The van der Waals surface area contributed by atoms with E-state index in [0.29, 0.717) is 11.3 Å². The van der Waals surface area contributed by atoms with E-state index in [0.717, 1.165) is 16.1 Å². The third kappa shape index (κ3) is 2.99. The minimum atomic E-state index is -0.864. The maximum Gasteiger partial charge on any atom is 0.159 e. The highest BCUT2D eigenvalue weighted by Crippen LogP contribution is 2.32. The van der Waals surface area contributed by atoms with Gasteiger partial charge in [0, 0.05) is 10.0 Å². The summed E-state index contributed by atoms with van der Waals surface area (Å²) in [4.78, 5) is 0. The lowest BCUT2D eigenvalue weighted by Crippen LogP contribution is -2.18. The number of nitrogens with one attached hydrogen (secondary N) is 1. The molecule has 0 saturated heterocycles. The number of halogens is 3. The average molecular weight is 342 g/mol. The zero-order valence-electron chi connectivity index (χ0n) is 11.1. The van der Waals surface area contributed by atoms with E-state index < -0.39 is 11.6 Å². The van der Waals surface area contributed by atoms with Crippen molar-refractivity contribution in [3.63, 3.8) is 0 Å². The molecule has 1 atom stereocenters. The summed E-state index contributed by atoms with van der Waals surface area (Å²) in [6.07, 6.45) is 0. The van der Waals surface area contributed by atoms with Gasteiger partial charge in [-0.3, -0.25) is 0 Å². The van der Waals surface area contributed by atoms with Crippen LogP contribution in [0.5, 0.6) is 5.75 Å². The second-order valence-corrected chi connectivity index (χ2v) is 5.20. The lowest BCUT2D eigenvalue weighted by Gasteiger charge is -2.20. The normalized spacial score (nSPS) is 12.2. The smallest absolute Gasteiger partial charge is 0.159 e. The molecule has 0 aliphatic rings. The van der Waals surface area contributed by atoms with Crippen LogP contribution in [0.15, 0.2) is 40.9 Å². The van der Waals surface area contributed by atoms with E-state index >= 15 is 0 Å². The molecule has 2 aromatic rings. The highest BCUT2D eigenvalue weighted by Gasteiger charge is 2.18. The molecule has 0 radical (unpaired) electrons. The second kappa shape index (κ2) is 6.33. The van der Waals surface area contributed by atoms with Gasteiger partial charge in [0.2, 0.25) is 0 Å². The highest BCUT2D eigenvalue weighted by atomic mass is 79.9. The van der Waals surface area contributed by atoms with Crippen LogP contribution in [-0.4, -0.2) is 14.2 Å². The first-order valence-corrected chi connectivity index (χ1v) is 6.81. The van der Waals surface area contributed by atoms with Crippen molar-refractivity contribution < 1.29 is 13.5 Å². The van der Waals surface area contributed by atoms with Gasteiger partial charge in [0.25, 0.3) is 0 Å². The molecule has 106 valence electrons. The Morgan fingerprint density at radius 2 is 1.85 bits per heavy atom. The van der Waals surface area contributed by atoms with Gasteiger partial charge in [-0.05, 0) is 42.9 Å². The van der Waals surface area contributed by atoms with Crippen molar-refractivity contribution in [2.24, 2.45) is 0 Å². The summed E-state index contributed by atoms with van der Waals surface area (Å²) in [5.74, 6) is -1.04. The van der Waals surface area contributed by atoms with Crippen molar-refractivity contribution in [1.29, 1.82) is 0 Å². The molecule has 2 nitrogen and oxygen atoms in total. The summed E-state index contributed by atoms with van der Waals surface area (Å²) >= 11 is 3.40. The van der Waals surface area contributed by atoms with Crippen molar-refractivity contribution in [2.75, 3.05) is 14.2 Å². The molecule has 0 aromatic heterocycles. The van der Waals surface area contributed by atoms with Gasteiger partial charge in [-0.15, -0.1) is 0 Å². The molecule has 2 aromatic carbocycles. The SMILES string of the molecule is CNC(c1ccc(F)c(F)c1)c1cc(Br)ccc1OC. The van der Waals surface area contributed by atoms with Crippen LogP contribution in [0.1, 0.15) is 17.2 Å². The Balaban J connectivity index is 2.51. The molecule has 1 N–H and O–H groups in total. The summed E-state index contributed by atoms with van der Waals surface area (Å²) in [5, 5.41) is 3.09. The molecule has 20 heavy (non-hydrogen) atoms. The fraction of sp³-hybridized carbons (Fsp3) is 0.200. The maximum atomic E-state index is 13.4. The summed E-state index contributed by atoms with van der Waals surface area (Å²) in [7, 11) is 3.33. The molecule has 5 heteroatoms.